The largest absolute Gasteiger partial charge is 0.506 e. The molecule has 0 fully saturated rings. The van der Waals surface area contributed by atoms with Gasteiger partial charge in [-0.15, -0.1) is 0 Å². The number of aromatic hydroxyl groups is 1. The van der Waals surface area contributed by atoms with Gasteiger partial charge in [0.15, 0.2) is 0 Å². The average molecular weight is 236 g/mol. The van der Waals surface area contributed by atoms with E-state index in [-0.39, 0.29) is 11.7 Å². The predicted molar refractivity (Wildman–Crippen MR) is 67.3 cm³/mol. The maximum Gasteiger partial charge on any atom is 0.143 e. The Hall–Kier alpha value is -1.26. The molecular formula is C13H20N2O2. The normalized spacial score (nSPS) is 28.2. The zero-order valence-corrected chi connectivity index (χ0v) is 10.3. The Morgan fingerprint density at radius 3 is 2.65 bits per heavy atom. The maximum atomic E-state index is 10.5. The molecule has 0 aromatic heterocycles. The molecule has 1 aromatic carbocycles. The van der Waals surface area contributed by atoms with Gasteiger partial charge in [-0.1, -0.05) is 19.9 Å². The van der Waals surface area contributed by atoms with Crippen molar-refractivity contribution in [2.24, 2.45) is 17.6 Å². The van der Waals surface area contributed by atoms with Crippen LogP contribution < -0.4 is 11.5 Å². The van der Waals surface area contributed by atoms with E-state index in [0.717, 1.165) is 18.4 Å². The molecule has 2 unspecified atom stereocenters. The molecule has 17 heavy (non-hydrogen) atoms. The van der Waals surface area contributed by atoms with E-state index in [1.165, 1.54) is 6.07 Å². The Balaban J connectivity index is 2.55. The highest BCUT2D eigenvalue weighted by molar-refractivity contribution is 5.62. The summed E-state index contributed by atoms with van der Waals surface area (Å²) in [6.07, 6.45) is 1.53. The van der Waals surface area contributed by atoms with Gasteiger partial charge in [0.05, 0.1) is 5.69 Å². The zero-order valence-electron chi connectivity index (χ0n) is 10.3. The van der Waals surface area contributed by atoms with Gasteiger partial charge in [0.2, 0.25) is 0 Å². The highest BCUT2D eigenvalue weighted by atomic mass is 16.3. The number of benzene rings is 1. The van der Waals surface area contributed by atoms with Gasteiger partial charge in [-0.05, 0) is 30.4 Å². The molecule has 2 rings (SSSR count). The summed E-state index contributed by atoms with van der Waals surface area (Å²) >= 11 is 0. The van der Waals surface area contributed by atoms with Crippen LogP contribution in [-0.4, -0.2) is 10.2 Å². The van der Waals surface area contributed by atoms with Gasteiger partial charge in [0.25, 0.3) is 0 Å². The predicted octanol–water partition coefficient (Wildman–Crippen LogP) is 1.30. The summed E-state index contributed by atoms with van der Waals surface area (Å²) in [4.78, 5) is 0. The molecule has 0 spiro atoms. The van der Waals surface area contributed by atoms with E-state index in [4.69, 9.17) is 11.5 Å². The number of hydrogen-bond acceptors (Lipinski definition) is 4. The molecule has 1 aliphatic carbocycles. The van der Waals surface area contributed by atoms with Crippen molar-refractivity contribution in [3.63, 3.8) is 0 Å². The lowest BCUT2D eigenvalue weighted by Gasteiger charge is -2.41. The van der Waals surface area contributed by atoms with E-state index in [2.05, 4.69) is 13.8 Å². The number of fused-ring (bicyclic) bond motifs is 1. The number of nitrogen functional groups attached to an aromatic ring is 1. The van der Waals surface area contributed by atoms with Gasteiger partial charge in [0.1, 0.15) is 11.5 Å². The van der Waals surface area contributed by atoms with Gasteiger partial charge in [-0.3, -0.25) is 5.73 Å². The molecule has 0 bridgehead atoms. The number of anilines is 1. The first-order valence-electron chi connectivity index (χ1n) is 5.97. The Morgan fingerprint density at radius 1 is 1.41 bits per heavy atom. The summed E-state index contributed by atoms with van der Waals surface area (Å²) in [5, 5.41) is 20.1. The number of hydrogen-bond donors (Lipinski definition) is 4. The van der Waals surface area contributed by atoms with Crippen molar-refractivity contribution in [1.29, 1.82) is 0 Å². The zero-order chi connectivity index (χ0) is 12.8. The van der Waals surface area contributed by atoms with Crippen LogP contribution in [0.15, 0.2) is 12.1 Å². The van der Waals surface area contributed by atoms with Crippen LogP contribution in [0, 0.1) is 11.8 Å². The van der Waals surface area contributed by atoms with E-state index >= 15 is 0 Å². The number of phenolic OH excluding ortho intramolecular Hbond substituents is 1. The lowest BCUT2D eigenvalue weighted by molar-refractivity contribution is -0.0486. The van der Waals surface area contributed by atoms with Crippen molar-refractivity contribution in [1.82, 2.24) is 0 Å². The third-order valence-electron chi connectivity index (χ3n) is 3.84. The lowest BCUT2D eigenvalue weighted by atomic mass is 9.72. The molecule has 1 aliphatic rings. The second kappa shape index (κ2) is 3.89. The smallest absolute Gasteiger partial charge is 0.143 e. The first kappa shape index (κ1) is 12.2. The average Bonchev–Trinajstić information content (AvgIpc) is 2.22. The molecule has 94 valence electrons. The van der Waals surface area contributed by atoms with Crippen LogP contribution in [-0.2, 0) is 12.1 Å². The van der Waals surface area contributed by atoms with Crippen LogP contribution >= 0.6 is 0 Å². The van der Waals surface area contributed by atoms with Gasteiger partial charge in [-0.2, -0.15) is 0 Å². The molecule has 0 radical (unpaired) electrons. The summed E-state index contributed by atoms with van der Waals surface area (Å²) in [6.45, 7) is 4.11. The van der Waals surface area contributed by atoms with Crippen molar-refractivity contribution in [3.8, 4) is 5.75 Å². The molecule has 4 heteroatoms. The molecule has 0 aliphatic heterocycles. The minimum Gasteiger partial charge on any atom is -0.506 e. The van der Waals surface area contributed by atoms with Crippen LogP contribution in [0.1, 0.15) is 31.4 Å². The SMILES string of the molecule is CC(C)C1CCc2c(ccc(O)c2N)C1(N)O. The van der Waals surface area contributed by atoms with Crippen molar-refractivity contribution in [3.05, 3.63) is 23.3 Å². The molecule has 4 nitrogen and oxygen atoms in total. The van der Waals surface area contributed by atoms with Crippen LogP contribution in [0.25, 0.3) is 0 Å². The van der Waals surface area contributed by atoms with E-state index in [1.807, 2.05) is 0 Å². The van der Waals surface area contributed by atoms with Crippen LogP contribution in [0.4, 0.5) is 5.69 Å². The fourth-order valence-electron chi connectivity index (χ4n) is 2.86. The third kappa shape index (κ3) is 1.77. The summed E-state index contributed by atoms with van der Waals surface area (Å²) < 4.78 is 0. The summed E-state index contributed by atoms with van der Waals surface area (Å²) in [7, 11) is 0. The van der Waals surface area contributed by atoms with Crippen LogP contribution in [0.2, 0.25) is 0 Å². The molecule has 2 atom stereocenters. The molecule has 0 heterocycles. The Kier molecular flexibility index (Phi) is 2.79. The Bertz CT molecular complexity index is 441. The Morgan fingerprint density at radius 2 is 2.06 bits per heavy atom. The second-order valence-electron chi connectivity index (χ2n) is 5.24. The van der Waals surface area contributed by atoms with Gasteiger partial charge >= 0.3 is 0 Å². The molecule has 1 aromatic rings. The van der Waals surface area contributed by atoms with Crippen molar-refractivity contribution in [2.75, 3.05) is 5.73 Å². The lowest BCUT2D eigenvalue weighted by Crippen LogP contribution is -2.49. The minimum atomic E-state index is -1.36. The number of aliphatic hydroxyl groups is 1. The monoisotopic (exact) mass is 236 g/mol. The van der Waals surface area contributed by atoms with E-state index < -0.39 is 5.72 Å². The minimum absolute atomic E-state index is 0.0129. The fraction of sp³-hybridized carbons (Fsp3) is 0.538. The maximum absolute atomic E-state index is 10.5. The number of phenols is 1. The topological polar surface area (TPSA) is 92.5 Å². The van der Waals surface area contributed by atoms with Crippen LogP contribution in [0.3, 0.4) is 0 Å². The Labute approximate surface area is 101 Å². The van der Waals surface area contributed by atoms with Crippen molar-refractivity contribution >= 4 is 5.69 Å². The highest BCUT2D eigenvalue weighted by Crippen LogP contribution is 2.43. The molecular weight excluding hydrogens is 216 g/mol. The second-order valence-corrected chi connectivity index (χ2v) is 5.24. The van der Waals surface area contributed by atoms with E-state index in [0.29, 0.717) is 17.2 Å². The summed E-state index contributed by atoms with van der Waals surface area (Å²) in [5.74, 6) is 0.370. The molecule has 6 N–H and O–H groups in total. The van der Waals surface area contributed by atoms with Gasteiger partial charge in [0, 0.05) is 11.5 Å². The summed E-state index contributed by atoms with van der Waals surface area (Å²) in [5.41, 5.74) is 12.3. The molecule has 0 saturated carbocycles. The quantitative estimate of drug-likeness (QED) is 0.336. The third-order valence-corrected chi connectivity index (χ3v) is 3.84. The summed E-state index contributed by atoms with van der Waals surface area (Å²) in [6, 6.07) is 3.17. The van der Waals surface area contributed by atoms with Crippen molar-refractivity contribution < 1.29 is 10.2 Å². The highest BCUT2D eigenvalue weighted by Gasteiger charge is 2.41. The first-order valence-corrected chi connectivity index (χ1v) is 5.97. The van der Waals surface area contributed by atoms with Gasteiger partial charge in [-0.25, -0.2) is 0 Å². The van der Waals surface area contributed by atoms with Crippen LogP contribution in [0.5, 0.6) is 5.75 Å². The molecule has 0 amide bonds. The van der Waals surface area contributed by atoms with E-state index in [1.54, 1.807) is 6.07 Å². The van der Waals surface area contributed by atoms with E-state index in [9.17, 15) is 10.2 Å². The standard InChI is InChI=1S/C13H20N2O2/c1-7(2)9-4-3-8-10(13(9,15)17)5-6-11(16)12(8)14/h5-7,9,16-17H,3-4,14-15H2,1-2H3. The number of nitrogens with two attached hydrogens (primary N) is 2. The number of rotatable bonds is 1. The molecule has 0 saturated heterocycles. The van der Waals surface area contributed by atoms with Gasteiger partial charge < -0.3 is 15.9 Å². The first-order chi connectivity index (χ1) is 7.85. The van der Waals surface area contributed by atoms with Crippen molar-refractivity contribution in [2.45, 2.75) is 32.4 Å². The fourth-order valence-corrected chi connectivity index (χ4v) is 2.86.